The van der Waals surface area contributed by atoms with Gasteiger partial charge in [-0.05, 0) is 12.5 Å². The van der Waals surface area contributed by atoms with Crippen LogP contribution in [0.4, 0.5) is 13.6 Å². The summed E-state index contributed by atoms with van der Waals surface area (Å²) in [5.74, 6) is -2.93. The number of hydrogen-bond acceptors (Lipinski definition) is 8. The number of nitrogens with zero attached hydrogens (tertiary/aromatic N) is 2. The highest BCUT2D eigenvalue weighted by Crippen LogP contribution is 2.23. The molecule has 0 aliphatic carbocycles. The molecule has 3 atom stereocenters. The lowest BCUT2D eigenvalue weighted by Gasteiger charge is -2.31. The third-order valence-corrected chi connectivity index (χ3v) is 7.26. The highest BCUT2D eigenvalue weighted by Gasteiger charge is 2.33. The summed E-state index contributed by atoms with van der Waals surface area (Å²) in [7, 11) is -4.11. The van der Waals surface area contributed by atoms with E-state index in [1.54, 1.807) is 0 Å². The van der Waals surface area contributed by atoms with Crippen LogP contribution in [0, 0.1) is 17.2 Å². The van der Waals surface area contributed by atoms with E-state index in [1.165, 1.54) is 29.2 Å². The van der Waals surface area contributed by atoms with Gasteiger partial charge in [-0.3, -0.25) is 4.79 Å². The number of alkyl halides is 2. The van der Waals surface area contributed by atoms with Crippen LogP contribution in [0.1, 0.15) is 18.4 Å². The van der Waals surface area contributed by atoms with Crippen molar-refractivity contribution >= 4 is 21.8 Å². The summed E-state index contributed by atoms with van der Waals surface area (Å²) >= 11 is 0. The molecular formula is C22H28F2N4O7S. The molecule has 0 aromatic heterocycles. The minimum atomic E-state index is -4.11. The van der Waals surface area contributed by atoms with E-state index in [4.69, 9.17) is 14.7 Å². The molecule has 1 aromatic rings. The number of morpholine rings is 1. The predicted octanol–water partition coefficient (Wildman–Crippen LogP) is 1.01. The van der Waals surface area contributed by atoms with Gasteiger partial charge in [0.2, 0.25) is 5.91 Å². The highest BCUT2D eigenvalue weighted by molar-refractivity contribution is 7.90. The number of halogens is 2. The quantitative estimate of drug-likeness (QED) is 0.481. The first-order chi connectivity index (χ1) is 17.2. The van der Waals surface area contributed by atoms with Gasteiger partial charge in [0.15, 0.2) is 9.84 Å². The summed E-state index contributed by atoms with van der Waals surface area (Å²) in [6.45, 7) is -1.77. The van der Waals surface area contributed by atoms with E-state index < -0.39 is 52.2 Å². The van der Waals surface area contributed by atoms with E-state index in [0.717, 1.165) is 0 Å². The Bertz CT molecular complexity index is 1060. The Morgan fingerprint density at radius 2 is 1.94 bits per heavy atom. The third kappa shape index (κ3) is 8.28. The van der Waals surface area contributed by atoms with Gasteiger partial charge in [0.1, 0.15) is 18.0 Å². The largest absolute Gasteiger partial charge is 0.435 e. The van der Waals surface area contributed by atoms with Crippen LogP contribution in [0.2, 0.25) is 0 Å². The van der Waals surface area contributed by atoms with E-state index in [9.17, 15) is 26.8 Å². The number of sulfone groups is 1. The van der Waals surface area contributed by atoms with Crippen molar-refractivity contribution in [2.45, 2.75) is 37.5 Å². The molecule has 0 saturated carbocycles. The van der Waals surface area contributed by atoms with Crippen molar-refractivity contribution < 1.29 is 41.0 Å². The zero-order valence-corrected chi connectivity index (χ0v) is 20.2. The zero-order chi connectivity index (χ0) is 26.1. The van der Waals surface area contributed by atoms with Gasteiger partial charge in [0, 0.05) is 25.1 Å². The Morgan fingerprint density at radius 3 is 2.64 bits per heavy atom. The normalized spacial score (nSPS) is 21.3. The van der Waals surface area contributed by atoms with Crippen LogP contribution in [0.15, 0.2) is 24.3 Å². The zero-order valence-electron chi connectivity index (χ0n) is 19.4. The lowest BCUT2D eigenvalue weighted by Crippen LogP contribution is -2.57. The van der Waals surface area contributed by atoms with Crippen molar-refractivity contribution in [3.63, 3.8) is 0 Å². The maximum absolute atomic E-state index is 13.0. The number of hydrogen-bond donors (Lipinski definition) is 2. The summed E-state index contributed by atoms with van der Waals surface area (Å²) in [5, 5.41) is 14.2. The van der Waals surface area contributed by atoms with Crippen molar-refractivity contribution in [3.05, 3.63) is 29.8 Å². The topological polar surface area (TPSA) is 147 Å². The number of nitriles is 1. The van der Waals surface area contributed by atoms with Gasteiger partial charge in [-0.25, -0.2) is 13.2 Å². The van der Waals surface area contributed by atoms with E-state index in [0.29, 0.717) is 19.6 Å². The second kappa shape index (κ2) is 12.8. The molecule has 2 N–H and O–H groups in total. The van der Waals surface area contributed by atoms with Gasteiger partial charge in [-0.1, -0.05) is 18.2 Å². The Hall–Kier alpha value is -3.02. The van der Waals surface area contributed by atoms with Crippen LogP contribution in [-0.4, -0.2) is 82.8 Å². The van der Waals surface area contributed by atoms with Crippen LogP contribution >= 0.6 is 0 Å². The first kappa shape index (κ1) is 27.6. The van der Waals surface area contributed by atoms with Crippen molar-refractivity contribution in [2.24, 2.45) is 5.92 Å². The molecule has 2 aliphatic rings. The molecule has 3 rings (SSSR count). The van der Waals surface area contributed by atoms with Crippen molar-refractivity contribution in [1.82, 2.24) is 15.5 Å². The fourth-order valence-electron chi connectivity index (χ4n) is 3.85. The number of nitrogens with one attached hydrogen (secondary N) is 2. The molecule has 2 heterocycles. The predicted molar refractivity (Wildman–Crippen MR) is 121 cm³/mol. The Kier molecular flexibility index (Phi) is 9.80. The Balaban J connectivity index is 1.75. The summed E-state index contributed by atoms with van der Waals surface area (Å²) in [6, 6.07) is 5.41. The smallest absolute Gasteiger partial charge is 0.387 e. The number of urea groups is 1. The minimum Gasteiger partial charge on any atom is -0.435 e. The number of para-hydroxylation sites is 1. The minimum absolute atomic E-state index is 0.0102. The maximum Gasteiger partial charge on any atom is 0.387 e. The number of ether oxygens (including phenoxy) is 3. The van der Waals surface area contributed by atoms with Crippen molar-refractivity contribution in [2.75, 3.05) is 38.7 Å². The van der Waals surface area contributed by atoms with Crippen LogP contribution < -0.4 is 15.4 Å². The molecule has 1 aromatic carbocycles. The molecule has 3 amide bonds. The molecule has 0 bridgehead atoms. The highest BCUT2D eigenvalue weighted by atomic mass is 32.2. The molecule has 2 fully saturated rings. The molecule has 2 saturated heterocycles. The third-order valence-electron chi connectivity index (χ3n) is 5.67. The van der Waals surface area contributed by atoms with E-state index in [2.05, 4.69) is 21.4 Å². The molecule has 14 heteroatoms. The average molecular weight is 531 g/mol. The molecule has 0 spiro atoms. The molecule has 0 radical (unpaired) electrons. The fraction of sp³-hybridized carbons (Fsp3) is 0.591. The summed E-state index contributed by atoms with van der Waals surface area (Å²) in [5.41, 5.74) is -0.0102. The first-order valence-corrected chi connectivity index (χ1v) is 13.2. The summed E-state index contributed by atoms with van der Waals surface area (Å²) in [6.07, 6.45) is -0.0898. The number of amides is 3. The maximum atomic E-state index is 13.0. The van der Waals surface area contributed by atoms with Crippen LogP contribution in [0.25, 0.3) is 0 Å². The summed E-state index contributed by atoms with van der Waals surface area (Å²) in [4.78, 5) is 27.2. The summed E-state index contributed by atoms with van der Waals surface area (Å²) < 4.78 is 66.6. The standard InChI is InChI=1S/C22H28F2N4O7S/c23-21(24)35-18-4-2-1-3-16(18)13-36(31,32)14-17(26-22(30)28-6-9-33-10-7-28)20(29)27-19-11-15(12-25)5-8-34-19/h1-4,15,17,19,21H,5-11,13-14H2,(H,26,30)(H,27,29)/t15?,17?,19-/m1/s1. The van der Waals surface area contributed by atoms with Gasteiger partial charge in [-0.2, -0.15) is 14.0 Å². The fourth-order valence-corrected chi connectivity index (χ4v) is 5.42. The second-order valence-electron chi connectivity index (χ2n) is 8.36. The number of carbonyl (C=O) groups excluding carboxylic acids is 2. The van der Waals surface area contributed by atoms with Crippen LogP contribution in [-0.2, 0) is 29.9 Å². The Morgan fingerprint density at radius 1 is 1.22 bits per heavy atom. The second-order valence-corrected chi connectivity index (χ2v) is 10.5. The van der Waals surface area contributed by atoms with E-state index in [-0.39, 0.29) is 43.3 Å². The molecule has 11 nitrogen and oxygen atoms in total. The van der Waals surface area contributed by atoms with E-state index in [1.807, 2.05) is 0 Å². The monoisotopic (exact) mass is 530 g/mol. The van der Waals surface area contributed by atoms with Crippen LogP contribution in [0.3, 0.4) is 0 Å². The molecule has 2 unspecified atom stereocenters. The van der Waals surface area contributed by atoms with Gasteiger partial charge >= 0.3 is 12.6 Å². The van der Waals surface area contributed by atoms with Gasteiger partial charge < -0.3 is 29.7 Å². The van der Waals surface area contributed by atoms with Crippen molar-refractivity contribution in [1.29, 1.82) is 5.26 Å². The number of carbonyl (C=O) groups is 2. The number of benzene rings is 1. The first-order valence-electron chi connectivity index (χ1n) is 11.3. The molecule has 198 valence electrons. The molecular weight excluding hydrogens is 502 g/mol. The lowest BCUT2D eigenvalue weighted by molar-refractivity contribution is -0.128. The van der Waals surface area contributed by atoms with Crippen LogP contribution in [0.5, 0.6) is 5.75 Å². The molecule has 2 aliphatic heterocycles. The van der Waals surface area contributed by atoms with Gasteiger partial charge in [-0.15, -0.1) is 0 Å². The van der Waals surface area contributed by atoms with Gasteiger partial charge in [0.25, 0.3) is 0 Å². The van der Waals surface area contributed by atoms with Gasteiger partial charge in [0.05, 0.1) is 43.3 Å². The van der Waals surface area contributed by atoms with E-state index >= 15 is 0 Å². The van der Waals surface area contributed by atoms with Crippen molar-refractivity contribution in [3.8, 4) is 11.8 Å². The lowest BCUT2D eigenvalue weighted by atomic mass is 10.0. The Labute approximate surface area is 207 Å². The average Bonchev–Trinajstić information content (AvgIpc) is 2.85. The SMILES string of the molecule is N#CC1CCO[C@@H](NC(=O)C(CS(=O)(=O)Cc2ccccc2OC(F)F)NC(=O)N2CCOCC2)C1. The number of rotatable bonds is 9. The molecule has 36 heavy (non-hydrogen) atoms.